The average molecular weight is 241 g/mol. The zero-order chi connectivity index (χ0) is 13.0. The fraction of sp³-hybridized carbons (Fsp3) is 1.00. The first kappa shape index (κ1) is 17.0. The second-order valence-electron chi connectivity index (χ2n) is 6.36. The summed E-state index contributed by atoms with van der Waals surface area (Å²) in [4.78, 5) is 0. The molecule has 0 aliphatic carbocycles. The molecule has 0 saturated heterocycles. The number of hydrogen-bond acceptors (Lipinski definition) is 1. The second kappa shape index (κ2) is 11.1. The third kappa shape index (κ3) is 16.0. The van der Waals surface area contributed by atoms with Gasteiger partial charge >= 0.3 is 0 Å². The van der Waals surface area contributed by atoms with Crippen LogP contribution in [0.25, 0.3) is 0 Å². The molecule has 0 aromatic carbocycles. The van der Waals surface area contributed by atoms with E-state index in [0.29, 0.717) is 5.54 Å². The topological polar surface area (TPSA) is 12.0 Å². The van der Waals surface area contributed by atoms with Crippen molar-refractivity contribution in [2.24, 2.45) is 0 Å². The van der Waals surface area contributed by atoms with Crippen LogP contribution in [0.5, 0.6) is 0 Å². The molecule has 0 saturated carbocycles. The molecule has 1 nitrogen and oxygen atoms in total. The molecule has 0 radical (unpaired) electrons. The Bertz CT molecular complexity index is 146. The van der Waals surface area contributed by atoms with E-state index in [1.165, 1.54) is 70.8 Å². The van der Waals surface area contributed by atoms with Crippen molar-refractivity contribution in [3.05, 3.63) is 0 Å². The molecule has 0 heterocycles. The van der Waals surface area contributed by atoms with E-state index in [-0.39, 0.29) is 0 Å². The van der Waals surface area contributed by atoms with Gasteiger partial charge in [-0.05, 0) is 33.7 Å². The van der Waals surface area contributed by atoms with Crippen LogP contribution in [0.1, 0.15) is 91.9 Å². The Morgan fingerprint density at radius 2 is 1.06 bits per heavy atom. The van der Waals surface area contributed by atoms with Gasteiger partial charge in [0, 0.05) is 5.54 Å². The fourth-order valence-corrected chi connectivity index (χ4v) is 2.08. The van der Waals surface area contributed by atoms with Gasteiger partial charge in [-0.15, -0.1) is 0 Å². The van der Waals surface area contributed by atoms with Crippen molar-refractivity contribution in [2.45, 2.75) is 97.4 Å². The number of hydrogen-bond donors (Lipinski definition) is 1. The van der Waals surface area contributed by atoms with Crippen molar-refractivity contribution >= 4 is 0 Å². The van der Waals surface area contributed by atoms with E-state index in [1.54, 1.807) is 0 Å². The first-order valence-electron chi connectivity index (χ1n) is 7.81. The Hall–Kier alpha value is -0.0400. The molecular formula is C16H35N. The van der Waals surface area contributed by atoms with Crippen LogP contribution >= 0.6 is 0 Å². The minimum atomic E-state index is 0.291. The Morgan fingerprint density at radius 1 is 0.647 bits per heavy atom. The van der Waals surface area contributed by atoms with Crippen molar-refractivity contribution in [1.82, 2.24) is 5.32 Å². The molecule has 17 heavy (non-hydrogen) atoms. The van der Waals surface area contributed by atoms with Crippen LogP contribution < -0.4 is 5.32 Å². The standard InChI is InChI=1S/C16H35N/c1-5-6-7-8-9-10-11-12-13-14-15-17-16(2,3)4/h17H,5-15H2,1-4H3. The van der Waals surface area contributed by atoms with Crippen LogP contribution in [-0.4, -0.2) is 12.1 Å². The summed E-state index contributed by atoms with van der Waals surface area (Å²) in [6.07, 6.45) is 14.2. The van der Waals surface area contributed by atoms with Crippen LogP contribution in [0, 0.1) is 0 Å². The molecule has 1 N–H and O–H groups in total. The lowest BCUT2D eigenvalue weighted by molar-refractivity contribution is 0.415. The van der Waals surface area contributed by atoms with Gasteiger partial charge in [0.15, 0.2) is 0 Å². The van der Waals surface area contributed by atoms with E-state index < -0.39 is 0 Å². The molecule has 0 unspecified atom stereocenters. The lowest BCUT2D eigenvalue weighted by atomic mass is 10.1. The predicted molar refractivity (Wildman–Crippen MR) is 79.6 cm³/mol. The maximum atomic E-state index is 3.55. The van der Waals surface area contributed by atoms with E-state index in [2.05, 4.69) is 33.0 Å². The predicted octanol–water partition coefficient (Wildman–Crippen LogP) is 5.30. The van der Waals surface area contributed by atoms with Gasteiger partial charge in [0.05, 0.1) is 0 Å². The van der Waals surface area contributed by atoms with E-state index in [4.69, 9.17) is 0 Å². The minimum absolute atomic E-state index is 0.291. The van der Waals surface area contributed by atoms with Crippen LogP contribution in [0.4, 0.5) is 0 Å². The first-order valence-corrected chi connectivity index (χ1v) is 7.81. The quantitative estimate of drug-likeness (QED) is 0.484. The molecule has 0 fully saturated rings. The van der Waals surface area contributed by atoms with Crippen molar-refractivity contribution < 1.29 is 0 Å². The summed E-state index contributed by atoms with van der Waals surface area (Å²) in [5.74, 6) is 0. The molecule has 0 atom stereocenters. The lowest BCUT2D eigenvalue weighted by Crippen LogP contribution is -2.36. The highest BCUT2D eigenvalue weighted by molar-refractivity contribution is 4.69. The van der Waals surface area contributed by atoms with Crippen molar-refractivity contribution in [3.8, 4) is 0 Å². The van der Waals surface area contributed by atoms with Gasteiger partial charge < -0.3 is 5.32 Å². The molecule has 0 amide bonds. The first-order chi connectivity index (χ1) is 8.06. The van der Waals surface area contributed by atoms with Gasteiger partial charge in [-0.3, -0.25) is 0 Å². The van der Waals surface area contributed by atoms with Gasteiger partial charge in [-0.25, -0.2) is 0 Å². The van der Waals surface area contributed by atoms with E-state index >= 15 is 0 Å². The number of rotatable bonds is 11. The highest BCUT2D eigenvalue weighted by atomic mass is 14.9. The van der Waals surface area contributed by atoms with Gasteiger partial charge in [-0.2, -0.15) is 0 Å². The van der Waals surface area contributed by atoms with E-state index in [1.807, 2.05) is 0 Å². The Balaban J connectivity index is 2.99. The SMILES string of the molecule is CCCCCCCCCCCCNC(C)(C)C. The van der Waals surface area contributed by atoms with Crippen LogP contribution in [0.3, 0.4) is 0 Å². The van der Waals surface area contributed by atoms with E-state index in [0.717, 1.165) is 0 Å². The largest absolute Gasteiger partial charge is 0.312 e. The Kier molecular flexibility index (Phi) is 11.0. The summed E-state index contributed by atoms with van der Waals surface area (Å²) < 4.78 is 0. The normalized spacial score (nSPS) is 12.0. The Labute approximate surface area is 110 Å². The van der Waals surface area contributed by atoms with Gasteiger partial charge in [0.1, 0.15) is 0 Å². The van der Waals surface area contributed by atoms with Gasteiger partial charge in [0.25, 0.3) is 0 Å². The minimum Gasteiger partial charge on any atom is -0.312 e. The zero-order valence-corrected chi connectivity index (χ0v) is 12.8. The molecule has 0 aliphatic heterocycles. The molecule has 0 rings (SSSR count). The average Bonchev–Trinajstić information content (AvgIpc) is 2.24. The van der Waals surface area contributed by atoms with Crippen LogP contribution in [0.2, 0.25) is 0 Å². The second-order valence-corrected chi connectivity index (χ2v) is 6.36. The highest BCUT2D eigenvalue weighted by Gasteiger charge is 2.06. The van der Waals surface area contributed by atoms with Crippen LogP contribution in [0.15, 0.2) is 0 Å². The summed E-state index contributed by atoms with van der Waals surface area (Å²) in [5, 5.41) is 3.55. The molecule has 0 aliphatic rings. The van der Waals surface area contributed by atoms with Crippen molar-refractivity contribution in [2.75, 3.05) is 6.54 Å². The van der Waals surface area contributed by atoms with Crippen molar-refractivity contribution in [1.29, 1.82) is 0 Å². The molecular weight excluding hydrogens is 206 g/mol. The monoisotopic (exact) mass is 241 g/mol. The molecule has 104 valence electrons. The smallest absolute Gasteiger partial charge is 0.00965 e. The van der Waals surface area contributed by atoms with Crippen molar-refractivity contribution in [3.63, 3.8) is 0 Å². The third-order valence-electron chi connectivity index (χ3n) is 3.19. The molecule has 0 aromatic heterocycles. The van der Waals surface area contributed by atoms with Crippen LogP contribution in [-0.2, 0) is 0 Å². The Morgan fingerprint density at radius 3 is 1.47 bits per heavy atom. The van der Waals surface area contributed by atoms with Gasteiger partial charge in [-0.1, -0.05) is 64.7 Å². The maximum absolute atomic E-state index is 3.55. The number of unbranched alkanes of at least 4 members (excludes halogenated alkanes) is 9. The molecule has 0 spiro atoms. The molecule has 0 aromatic rings. The lowest BCUT2D eigenvalue weighted by Gasteiger charge is -2.20. The zero-order valence-electron chi connectivity index (χ0n) is 12.8. The summed E-state index contributed by atoms with van der Waals surface area (Å²) in [7, 11) is 0. The van der Waals surface area contributed by atoms with Gasteiger partial charge in [0.2, 0.25) is 0 Å². The van der Waals surface area contributed by atoms with E-state index in [9.17, 15) is 0 Å². The summed E-state index contributed by atoms with van der Waals surface area (Å²) in [6.45, 7) is 10.2. The maximum Gasteiger partial charge on any atom is 0.00965 e. The summed E-state index contributed by atoms with van der Waals surface area (Å²) in [6, 6.07) is 0. The molecule has 1 heteroatoms. The summed E-state index contributed by atoms with van der Waals surface area (Å²) >= 11 is 0. The fourth-order valence-electron chi connectivity index (χ4n) is 2.08. The summed E-state index contributed by atoms with van der Waals surface area (Å²) in [5.41, 5.74) is 0.291. The number of nitrogens with one attached hydrogen (secondary N) is 1. The third-order valence-corrected chi connectivity index (χ3v) is 3.19. The highest BCUT2D eigenvalue weighted by Crippen LogP contribution is 2.10. The molecule has 0 bridgehead atoms.